The molecular weight excluding hydrogens is 369 g/mol. The van der Waals surface area contributed by atoms with Gasteiger partial charge in [-0.15, -0.1) is 0 Å². The molecule has 156 valence electrons. The maximum atomic E-state index is 14.6. The Kier molecular flexibility index (Phi) is 3.88. The Hall–Kier alpha value is -1.62. The number of carbonyl (C=O) groups is 1. The van der Waals surface area contributed by atoms with E-state index >= 15 is 0 Å². The van der Waals surface area contributed by atoms with Gasteiger partial charge in [-0.3, -0.25) is 4.79 Å². The van der Waals surface area contributed by atoms with Crippen LogP contribution in [0.5, 0.6) is 5.75 Å². The van der Waals surface area contributed by atoms with Crippen LogP contribution in [0, 0.1) is 17.7 Å². The van der Waals surface area contributed by atoms with Crippen molar-refractivity contribution in [3.63, 3.8) is 0 Å². The molecule has 5 fully saturated rings. The standard InChI is InChI=1S/C24H30FNO3/c1-13(18-12-29-20-5-4-19(25)22(23(18)20)15-2-3-15)6-21(27)26-16-7-14-8-17(26)11-24(28,9-14)10-16/h4-5,13-18,28H,2-3,6-12H2,1H3. The van der Waals surface area contributed by atoms with E-state index in [1.165, 1.54) is 6.07 Å². The molecule has 1 aromatic rings. The average Bonchev–Trinajstić information content (AvgIpc) is 3.37. The summed E-state index contributed by atoms with van der Waals surface area (Å²) < 4.78 is 20.5. The van der Waals surface area contributed by atoms with Gasteiger partial charge in [-0.2, -0.15) is 0 Å². The van der Waals surface area contributed by atoms with Crippen LogP contribution in [-0.4, -0.2) is 40.2 Å². The Morgan fingerprint density at radius 2 is 1.97 bits per heavy atom. The normalized spacial score (nSPS) is 38.1. The number of benzene rings is 1. The first-order valence-corrected chi connectivity index (χ1v) is 11.4. The Morgan fingerprint density at radius 3 is 2.62 bits per heavy atom. The van der Waals surface area contributed by atoms with Crippen LogP contribution in [0.25, 0.3) is 0 Å². The fourth-order valence-corrected chi connectivity index (χ4v) is 7.11. The fraction of sp³-hybridized carbons (Fsp3) is 0.708. The van der Waals surface area contributed by atoms with Crippen molar-refractivity contribution in [1.29, 1.82) is 0 Å². The smallest absolute Gasteiger partial charge is 0.223 e. The maximum Gasteiger partial charge on any atom is 0.223 e. The van der Waals surface area contributed by atoms with Gasteiger partial charge < -0.3 is 14.7 Å². The molecule has 2 saturated heterocycles. The molecule has 4 bridgehead atoms. The van der Waals surface area contributed by atoms with E-state index in [0.717, 1.165) is 61.8 Å². The predicted molar refractivity (Wildman–Crippen MR) is 106 cm³/mol. The third-order valence-corrected chi connectivity index (χ3v) is 8.34. The molecule has 0 radical (unpaired) electrons. The summed E-state index contributed by atoms with van der Waals surface area (Å²) in [6.45, 7) is 2.66. The highest BCUT2D eigenvalue weighted by Gasteiger charge is 2.55. The molecule has 3 aliphatic heterocycles. The summed E-state index contributed by atoms with van der Waals surface area (Å²) in [7, 11) is 0. The first kappa shape index (κ1) is 18.2. The monoisotopic (exact) mass is 399 g/mol. The van der Waals surface area contributed by atoms with Crippen molar-refractivity contribution in [2.75, 3.05) is 6.61 Å². The Bertz CT molecular complexity index is 850. The number of aliphatic hydroxyl groups is 1. The summed E-state index contributed by atoms with van der Waals surface area (Å²) in [5.41, 5.74) is 1.34. The largest absolute Gasteiger partial charge is 0.493 e. The van der Waals surface area contributed by atoms with Crippen LogP contribution in [0.1, 0.15) is 81.3 Å². The van der Waals surface area contributed by atoms with E-state index < -0.39 is 5.60 Å². The van der Waals surface area contributed by atoms with Crippen molar-refractivity contribution in [2.24, 2.45) is 11.8 Å². The molecule has 4 atom stereocenters. The van der Waals surface area contributed by atoms with Crippen LogP contribution in [0.4, 0.5) is 4.39 Å². The zero-order valence-corrected chi connectivity index (χ0v) is 17.1. The number of amides is 1. The SMILES string of the molecule is CC(CC(=O)N1C2CC3CC1CC(O)(C3)C2)C1COc2ccc(F)c(C3CC3)c21. The molecule has 3 heterocycles. The van der Waals surface area contributed by atoms with Gasteiger partial charge in [-0.25, -0.2) is 4.39 Å². The third-order valence-electron chi connectivity index (χ3n) is 8.34. The molecule has 0 aromatic heterocycles. The molecule has 1 aromatic carbocycles. The summed E-state index contributed by atoms with van der Waals surface area (Å²) in [5.74, 6) is 2.02. The van der Waals surface area contributed by atoms with Gasteiger partial charge in [0, 0.05) is 30.0 Å². The molecule has 7 rings (SSSR count). The van der Waals surface area contributed by atoms with Crippen molar-refractivity contribution in [2.45, 2.75) is 87.8 Å². The predicted octanol–water partition coefficient (Wildman–Crippen LogP) is 4.11. The van der Waals surface area contributed by atoms with Crippen LogP contribution in [0.15, 0.2) is 12.1 Å². The maximum absolute atomic E-state index is 14.6. The van der Waals surface area contributed by atoms with Crippen molar-refractivity contribution in [3.05, 3.63) is 29.1 Å². The van der Waals surface area contributed by atoms with E-state index in [-0.39, 0.29) is 35.6 Å². The first-order valence-electron chi connectivity index (χ1n) is 11.4. The molecule has 6 aliphatic rings. The summed E-state index contributed by atoms with van der Waals surface area (Å²) >= 11 is 0. The number of hydrogen-bond donors (Lipinski definition) is 1. The fourth-order valence-electron chi connectivity index (χ4n) is 7.11. The minimum absolute atomic E-state index is 0.0856. The van der Waals surface area contributed by atoms with E-state index in [2.05, 4.69) is 11.8 Å². The summed E-state index contributed by atoms with van der Waals surface area (Å²) in [6, 6.07) is 3.71. The number of nitrogens with zero attached hydrogens (tertiary/aromatic N) is 1. The minimum Gasteiger partial charge on any atom is -0.493 e. The van der Waals surface area contributed by atoms with E-state index in [9.17, 15) is 14.3 Å². The topological polar surface area (TPSA) is 49.8 Å². The minimum atomic E-state index is -0.534. The number of carbonyl (C=O) groups excluding carboxylic acids is 1. The van der Waals surface area contributed by atoms with Crippen LogP contribution >= 0.6 is 0 Å². The van der Waals surface area contributed by atoms with Gasteiger partial charge in [0.2, 0.25) is 5.91 Å². The van der Waals surface area contributed by atoms with E-state index in [1.54, 1.807) is 6.07 Å². The van der Waals surface area contributed by atoms with Gasteiger partial charge >= 0.3 is 0 Å². The average molecular weight is 400 g/mol. The number of piperidine rings is 2. The lowest BCUT2D eigenvalue weighted by Gasteiger charge is -2.59. The molecule has 1 N–H and O–H groups in total. The van der Waals surface area contributed by atoms with Crippen molar-refractivity contribution >= 4 is 5.91 Å². The number of rotatable bonds is 4. The van der Waals surface area contributed by atoms with Crippen LogP contribution < -0.4 is 4.74 Å². The molecule has 29 heavy (non-hydrogen) atoms. The van der Waals surface area contributed by atoms with Gasteiger partial charge in [0.15, 0.2) is 0 Å². The van der Waals surface area contributed by atoms with Gasteiger partial charge in [-0.05, 0) is 80.4 Å². The van der Waals surface area contributed by atoms with Gasteiger partial charge in [-0.1, -0.05) is 6.92 Å². The second-order valence-corrected chi connectivity index (χ2v) is 10.5. The highest BCUT2D eigenvalue weighted by Crippen LogP contribution is 2.53. The van der Waals surface area contributed by atoms with E-state index in [0.29, 0.717) is 24.9 Å². The Morgan fingerprint density at radius 1 is 1.24 bits per heavy atom. The molecule has 3 saturated carbocycles. The van der Waals surface area contributed by atoms with Crippen LogP contribution in [-0.2, 0) is 4.79 Å². The second-order valence-electron chi connectivity index (χ2n) is 10.5. The second kappa shape index (κ2) is 6.19. The first-order chi connectivity index (χ1) is 13.9. The van der Waals surface area contributed by atoms with Gasteiger partial charge in [0.05, 0.1) is 12.2 Å². The van der Waals surface area contributed by atoms with Gasteiger partial charge in [0.25, 0.3) is 0 Å². The highest BCUT2D eigenvalue weighted by atomic mass is 19.1. The van der Waals surface area contributed by atoms with Crippen molar-refractivity contribution in [3.8, 4) is 5.75 Å². The molecule has 3 aliphatic carbocycles. The van der Waals surface area contributed by atoms with Crippen molar-refractivity contribution < 1.29 is 19.0 Å². The zero-order valence-electron chi connectivity index (χ0n) is 17.1. The number of halogens is 1. The van der Waals surface area contributed by atoms with Crippen molar-refractivity contribution in [1.82, 2.24) is 4.90 Å². The zero-order chi connectivity index (χ0) is 19.9. The summed E-state index contributed by atoms with van der Waals surface area (Å²) in [6.07, 6.45) is 7.08. The van der Waals surface area contributed by atoms with E-state index in [1.807, 2.05) is 0 Å². The molecular formula is C24H30FNO3. The molecule has 4 unspecified atom stereocenters. The summed E-state index contributed by atoms with van der Waals surface area (Å²) in [5, 5.41) is 10.8. The molecule has 1 amide bonds. The Labute approximate surface area is 171 Å². The van der Waals surface area contributed by atoms with E-state index in [4.69, 9.17) is 4.74 Å². The number of fused-ring (bicyclic) bond motifs is 1. The quantitative estimate of drug-likeness (QED) is 0.829. The Balaban J connectivity index is 1.22. The third kappa shape index (κ3) is 2.83. The highest BCUT2D eigenvalue weighted by molar-refractivity contribution is 5.78. The molecule has 4 nitrogen and oxygen atoms in total. The summed E-state index contributed by atoms with van der Waals surface area (Å²) in [4.78, 5) is 15.5. The molecule has 5 heteroatoms. The number of ether oxygens (including phenoxy) is 1. The lowest BCUT2D eigenvalue weighted by atomic mass is 9.61. The lowest BCUT2D eigenvalue weighted by molar-refractivity contribution is -0.175. The number of hydrogen-bond acceptors (Lipinski definition) is 3. The lowest BCUT2D eigenvalue weighted by Crippen LogP contribution is -2.65. The molecule has 0 spiro atoms. The van der Waals surface area contributed by atoms with Crippen LogP contribution in [0.2, 0.25) is 0 Å². The van der Waals surface area contributed by atoms with Gasteiger partial charge in [0.1, 0.15) is 11.6 Å². The van der Waals surface area contributed by atoms with Crippen LogP contribution in [0.3, 0.4) is 0 Å².